The van der Waals surface area contributed by atoms with Gasteiger partial charge >= 0.3 is 12.0 Å². The lowest BCUT2D eigenvalue weighted by molar-refractivity contribution is -0.148. The Kier molecular flexibility index (Phi) is 4.19. The summed E-state index contributed by atoms with van der Waals surface area (Å²) in [5.41, 5.74) is -1.96. The van der Waals surface area contributed by atoms with Crippen LogP contribution in [0, 0.1) is 0 Å². The summed E-state index contributed by atoms with van der Waals surface area (Å²) in [6.45, 7) is 3.29. The van der Waals surface area contributed by atoms with Crippen LogP contribution in [0.4, 0.5) is 4.79 Å². The number of aliphatic hydroxyl groups is 1. The molecule has 2 aliphatic rings. The Labute approximate surface area is 117 Å². The molecular formula is C13H22N2O5. The second-order valence-corrected chi connectivity index (χ2v) is 5.91. The van der Waals surface area contributed by atoms with Gasteiger partial charge in [0.25, 0.3) is 0 Å². The molecule has 2 heterocycles. The van der Waals surface area contributed by atoms with Crippen LogP contribution in [0.15, 0.2) is 0 Å². The lowest BCUT2D eigenvalue weighted by Gasteiger charge is -2.39. The predicted molar refractivity (Wildman–Crippen MR) is 70.4 cm³/mol. The number of likely N-dealkylation sites (tertiary alicyclic amines) is 1. The van der Waals surface area contributed by atoms with Crippen LogP contribution in [0.2, 0.25) is 0 Å². The number of piperidine rings is 1. The van der Waals surface area contributed by atoms with E-state index in [1.807, 2.05) is 0 Å². The van der Waals surface area contributed by atoms with E-state index < -0.39 is 17.1 Å². The first-order valence-corrected chi connectivity index (χ1v) is 6.95. The molecule has 114 valence electrons. The molecule has 0 aliphatic carbocycles. The number of amides is 2. The van der Waals surface area contributed by atoms with Crippen LogP contribution in [0.25, 0.3) is 0 Å². The van der Waals surface area contributed by atoms with Gasteiger partial charge in [0.15, 0.2) is 0 Å². The molecule has 7 heteroatoms. The first kappa shape index (κ1) is 15.1. The molecule has 2 aliphatic heterocycles. The molecule has 0 aromatic heterocycles. The lowest BCUT2D eigenvalue weighted by atomic mass is 9.90. The van der Waals surface area contributed by atoms with Crippen LogP contribution in [-0.4, -0.2) is 64.6 Å². The van der Waals surface area contributed by atoms with Gasteiger partial charge < -0.3 is 25.2 Å². The van der Waals surface area contributed by atoms with Crippen molar-refractivity contribution in [2.24, 2.45) is 0 Å². The fraction of sp³-hybridized carbons (Fsp3) is 0.846. The second-order valence-electron chi connectivity index (χ2n) is 5.91. The summed E-state index contributed by atoms with van der Waals surface area (Å²) in [6, 6.07) is -0.371. The molecule has 0 unspecified atom stereocenters. The van der Waals surface area contributed by atoms with E-state index in [9.17, 15) is 19.8 Å². The first-order chi connectivity index (χ1) is 9.35. The minimum atomic E-state index is -1.23. The fourth-order valence-corrected chi connectivity index (χ4v) is 2.59. The maximum absolute atomic E-state index is 12.2. The Morgan fingerprint density at radius 1 is 1.15 bits per heavy atom. The van der Waals surface area contributed by atoms with Gasteiger partial charge in [-0.25, -0.2) is 9.59 Å². The number of carbonyl (C=O) groups excluding carboxylic acids is 1. The number of rotatable bonds is 2. The SMILES string of the molecule is CC1(O)CCN(C(=O)NC2(C(=O)O)CCOCC2)CC1. The topological polar surface area (TPSA) is 99.1 Å². The maximum Gasteiger partial charge on any atom is 0.329 e. The minimum absolute atomic E-state index is 0.277. The maximum atomic E-state index is 12.2. The van der Waals surface area contributed by atoms with E-state index in [2.05, 4.69) is 5.32 Å². The Morgan fingerprint density at radius 2 is 1.70 bits per heavy atom. The Hall–Kier alpha value is -1.34. The van der Waals surface area contributed by atoms with Crippen LogP contribution in [-0.2, 0) is 9.53 Å². The molecule has 3 N–H and O–H groups in total. The summed E-state index contributed by atoms with van der Waals surface area (Å²) in [6.07, 6.45) is 1.56. The number of hydrogen-bond acceptors (Lipinski definition) is 4. The summed E-state index contributed by atoms with van der Waals surface area (Å²) in [7, 11) is 0. The number of aliphatic carboxylic acids is 1. The molecular weight excluding hydrogens is 264 g/mol. The molecule has 0 saturated carbocycles. The smallest absolute Gasteiger partial charge is 0.329 e. The van der Waals surface area contributed by atoms with Crippen molar-refractivity contribution >= 4 is 12.0 Å². The van der Waals surface area contributed by atoms with E-state index >= 15 is 0 Å². The molecule has 0 radical (unpaired) electrons. The normalized spacial score (nSPS) is 25.0. The van der Waals surface area contributed by atoms with Crippen molar-refractivity contribution in [2.45, 2.75) is 43.7 Å². The van der Waals surface area contributed by atoms with Gasteiger partial charge in [-0.3, -0.25) is 0 Å². The number of carboxylic acid groups (broad SMARTS) is 1. The highest BCUT2D eigenvalue weighted by atomic mass is 16.5. The lowest BCUT2D eigenvalue weighted by Crippen LogP contribution is -2.61. The summed E-state index contributed by atoms with van der Waals surface area (Å²) >= 11 is 0. The van der Waals surface area contributed by atoms with Crippen LogP contribution in [0.5, 0.6) is 0 Å². The number of ether oxygens (including phenoxy) is 1. The number of nitrogens with one attached hydrogen (secondary N) is 1. The van der Waals surface area contributed by atoms with Crippen molar-refractivity contribution in [3.8, 4) is 0 Å². The van der Waals surface area contributed by atoms with Gasteiger partial charge in [-0.05, 0) is 19.8 Å². The minimum Gasteiger partial charge on any atom is -0.480 e. The highest BCUT2D eigenvalue weighted by Gasteiger charge is 2.43. The third-order valence-electron chi connectivity index (χ3n) is 4.23. The molecule has 2 amide bonds. The zero-order chi connectivity index (χ0) is 14.8. The molecule has 0 spiro atoms. The van der Waals surface area contributed by atoms with E-state index in [1.54, 1.807) is 11.8 Å². The predicted octanol–water partition coefficient (Wildman–Crippen LogP) is 0.177. The van der Waals surface area contributed by atoms with Crippen molar-refractivity contribution in [3.05, 3.63) is 0 Å². The molecule has 20 heavy (non-hydrogen) atoms. The van der Waals surface area contributed by atoms with Crippen molar-refractivity contribution in [2.75, 3.05) is 26.3 Å². The van der Waals surface area contributed by atoms with Gasteiger partial charge in [-0.15, -0.1) is 0 Å². The first-order valence-electron chi connectivity index (χ1n) is 6.95. The quantitative estimate of drug-likeness (QED) is 0.672. The molecule has 0 aromatic rings. The number of urea groups is 1. The molecule has 0 aromatic carbocycles. The second kappa shape index (κ2) is 5.57. The molecule has 2 fully saturated rings. The van der Waals surface area contributed by atoms with Gasteiger partial charge in [-0.1, -0.05) is 0 Å². The Bertz CT molecular complexity index is 380. The highest BCUT2D eigenvalue weighted by Crippen LogP contribution is 2.24. The van der Waals surface area contributed by atoms with Crippen molar-refractivity contribution in [3.63, 3.8) is 0 Å². The van der Waals surface area contributed by atoms with E-state index in [0.29, 0.717) is 39.1 Å². The van der Waals surface area contributed by atoms with Gasteiger partial charge in [0.2, 0.25) is 0 Å². The monoisotopic (exact) mass is 286 g/mol. The number of nitrogens with zero attached hydrogens (tertiary/aromatic N) is 1. The Morgan fingerprint density at radius 3 is 2.20 bits per heavy atom. The van der Waals surface area contributed by atoms with E-state index in [0.717, 1.165) is 0 Å². The number of hydrogen-bond donors (Lipinski definition) is 3. The standard InChI is InChI=1S/C13H22N2O5/c1-12(19)2-6-15(7-3-12)11(18)14-13(10(16)17)4-8-20-9-5-13/h19H,2-9H2,1H3,(H,14,18)(H,16,17). The fourth-order valence-electron chi connectivity index (χ4n) is 2.59. The van der Waals surface area contributed by atoms with Crippen LogP contribution >= 0.6 is 0 Å². The molecule has 0 atom stereocenters. The number of carbonyl (C=O) groups is 2. The Balaban J connectivity index is 1.97. The zero-order valence-corrected chi connectivity index (χ0v) is 11.7. The third kappa shape index (κ3) is 3.21. The summed E-state index contributed by atoms with van der Waals surface area (Å²) in [5.74, 6) is -1.02. The molecule has 0 bridgehead atoms. The average Bonchev–Trinajstić information content (AvgIpc) is 2.39. The highest BCUT2D eigenvalue weighted by molar-refractivity contribution is 5.86. The summed E-state index contributed by atoms with van der Waals surface area (Å²) in [5, 5.41) is 21.9. The largest absolute Gasteiger partial charge is 0.480 e. The van der Waals surface area contributed by atoms with Crippen LogP contribution < -0.4 is 5.32 Å². The molecule has 7 nitrogen and oxygen atoms in total. The van der Waals surface area contributed by atoms with Crippen molar-refractivity contribution in [1.29, 1.82) is 0 Å². The van der Waals surface area contributed by atoms with Gasteiger partial charge in [-0.2, -0.15) is 0 Å². The van der Waals surface area contributed by atoms with Gasteiger partial charge in [0.05, 0.1) is 5.60 Å². The number of carboxylic acids is 1. The van der Waals surface area contributed by atoms with Gasteiger partial charge in [0.1, 0.15) is 5.54 Å². The van der Waals surface area contributed by atoms with E-state index in [-0.39, 0.29) is 18.9 Å². The third-order valence-corrected chi connectivity index (χ3v) is 4.23. The zero-order valence-electron chi connectivity index (χ0n) is 11.7. The van der Waals surface area contributed by atoms with Gasteiger partial charge in [0, 0.05) is 39.1 Å². The van der Waals surface area contributed by atoms with Crippen molar-refractivity contribution < 1.29 is 24.5 Å². The van der Waals surface area contributed by atoms with Crippen LogP contribution in [0.3, 0.4) is 0 Å². The molecule has 2 rings (SSSR count). The summed E-state index contributed by atoms with van der Waals surface area (Å²) < 4.78 is 5.17. The van der Waals surface area contributed by atoms with E-state index in [1.165, 1.54) is 0 Å². The van der Waals surface area contributed by atoms with E-state index in [4.69, 9.17) is 4.74 Å². The average molecular weight is 286 g/mol. The van der Waals surface area contributed by atoms with Crippen LogP contribution in [0.1, 0.15) is 32.6 Å². The molecule has 2 saturated heterocycles. The van der Waals surface area contributed by atoms with Crippen molar-refractivity contribution in [1.82, 2.24) is 10.2 Å². The summed E-state index contributed by atoms with van der Waals surface area (Å²) in [4.78, 5) is 25.3.